The smallest absolute Gasteiger partial charge is 0.123 e. The highest BCUT2D eigenvalue weighted by molar-refractivity contribution is 14.1. The van der Waals surface area contributed by atoms with Gasteiger partial charge in [0.2, 0.25) is 0 Å². The van der Waals surface area contributed by atoms with Crippen molar-refractivity contribution in [2.45, 2.75) is 13.5 Å². The van der Waals surface area contributed by atoms with Crippen LogP contribution in [-0.4, -0.2) is 9.78 Å². The number of aromatic nitrogens is 2. The van der Waals surface area contributed by atoms with E-state index >= 15 is 0 Å². The van der Waals surface area contributed by atoms with Crippen molar-refractivity contribution >= 4 is 22.6 Å². The molecule has 0 aliphatic rings. The number of nitrogens with zero attached hydrogens (tertiary/aromatic N) is 2. The Morgan fingerprint density at radius 3 is 2.57 bits per heavy atom. The van der Waals surface area contributed by atoms with Crippen molar-refractivity contribution in [3.8, 4) is 0 Å². The standard InChI is InChI=1S/C11H11IN2/c1-9-7-11(12)13-14(9)8-10-5-3-2-4-6-10/h2-7H,8H2,1H3. The van der Waals surface area contributed by atoms with Gasteiger partial charge in [0, 0.05) is 5.69 Å². The maximum Gasteiger partial charge on any atom is 0.123 e. The fraction of sp³-hybridized carbons (Fsp3) is 0.182. The third kappa shape index (κ3) is 2.15. The second-order valence-corrected chi connectivity index (χ2v) is 4.36. The lowest BCUT2D eigenvalue weighted by Gasteiger charge is -2.03. The van der Waals surface area contributed by atoms with Gasteiger partial charge in [-0.25, -0.2) is 0 Å². The first-order chi connectivity index (χ1) is 6.75. The monoisotopic (exact) mass is 298 g/mol. The highest BCUT2D eigenvalue weighted by atomic mass is 127. The molecule has 0 spiro atoms. The summed E-state index contributed by atoms with van der Waals surface area (Å²) in [7, 11) is 0. The third-order valence-electron chi connectivity index (χ3n) is 2.13. The van der Waals surface area contributed by atoms with Gasteiger partial charge in [-0.3, -0.25) is 4.68 Å². The van der Waals surface area contributed by atoms with Gasteiger partial charge >= 0.3 is 0 Å². The fourth-order valence-corrected chi connectivity index (χ4v) is 2.10. The number of rotatable bonds is 2. The van der Waals surface area contributed by atoms with Gasteiger partial charge < -0.3 is 0 Å². The highest BCUT2D eigenvalue weighted by Crippen LogP contribution is 2.08. The summed E-state index contributed by atoms with van der Waals surface area (Å²) in [4.78, 5) is 0. The van der Waals surface area contributed by atoms with Crippen molar-refractivity contribution in [3.05, 3.63) is 51.4 Å². The van der Waals surface area contributed by atoms with Crippen LogP contribution in [0, 0.1) is 10.6 Å². The van der Waals surface area contributed by atoms with Crippen LogP contribution in [0.15, 0.2) is 36.4 Å². The molecule has 0 N–H and O–H groups in total. The molecule has 0 atom stereocenters. The van der Waals surface area contributed by atoms with Crippen molar-refractivity contribution in [2.75, 3.05) is 0 Å². The van der Waals surface area contributed by atoms with Crippen LogP contribution in [0.5, 0.6) is 0 Å². The molecule has 0 fully saturated rings. The van der Waals surface area contributed by atoms with E-state index in [1.54, 1.807) is 0 Å². The fourth-order valence-electron chi connectivity index (χ4n) is 1.39. The molecule has 0 aliphatic carbocycles. The van der Waals surface area contributed by atoms with Crippen LogP contribution in [0.3, 0.4) is 0 Å². The first kappa shape index (κ1) is 9.71. The second-order valence-electron chi connectivity index (χ2n) is 3.25. The lowest BCUT2D eigenvalue weighted by molar-refractivity contribution is 0.660. The SMILES string of the molecule is Cc1cc(I)nn1Cc1ccccc1. The van der Waals surface area contributed by atoms with Crippen LogP contribution in [0.4, 0.5) is 0 Å². The van der Waals surface area contributed by atoms with Crippen LogP contribution in [-0.2, 0) is 6.54 Å². The molecule has 1 aromatic carbocycles. The number of hydrogen-bond donors (Lipinski definition) is 0. The van der Waals surface area contributed by atoms with Gasteiger partial charge in [-0.1, -0.05) is 30.3 Å². The van der Waals surface area contributed by atoms with E-state index in [4.69, 9.17) is 0 Å². The largest absolute Gasteiger partial charge is 0.264 e. The first-order valence-electron chi connectivity index (χ1n) is 4.49. The molecule has 0 bridgehead atoms. The Morgan fingerprint density at radius 1 is 1.29 bits per heavy atom. The van der Waals surface area contributed by atoms with Gasteiger partial charge in [0.15, 0.2) is 0 Å². The Balaban J connectivity index is 2.23. The molecule has 14 heavy (non-hydrogen) atoms. The van der Waals surface area contributed by atoms with Crippen LogP contribution in [0.25, 0.3) is 0 Å². The number of benzene rings is 1. The summed E-state index contributed by atoms with van der Waals surface area (Å²) in [6.45, 7) is 2.94. The minimum absolute atomic E-state index is 0.857. The topological polar surface area (TPSA) is 17.8 Å². The summed E-state index contributed by atoms with van der Waals surface area (Å²) in [6.07, 6.45) is 0. The molecule has 3 heteroatoms. The molecular formula is C11H11IN2. The zero-order valence-electron chi connectivity index (χ0n) is 7.94. The lowest BCUT2D eigenvalue weighted by Crippen LogP contribution is -2.03. The Hall–Kier alpha value is -0.840. The van der Waals surface area contributed by atoms with E-state index in [-0.39, 0.29) is 0 Å². The molecule has 0 unspecified atom stereocenters. The molecule has 0 aliphatic heterocycles. The van der Waals surface area contributed by atoms with E-state index in [9.17, 15) is 0 Å². The number of hydrogen-bond acceptors (Lipinski definition) is 1. The Morgan fingerprint density at radius 2 is 2.00 bits per heavy atom. The van der Waals surface area contributed by atoms with Crippen LogP contribution < -0.4 is 0 Å². The predicted octanol–water partition coefficient (Wildman–Crippen LogP) is 2.84. The van der Waals surface area contributed by atoms with Crippen LogP contribution in [0.2, 0.25) is 0 Å². The minimum atomic E-state index is 0.857. The Kier molecular flexibility index (Phi) is 2.86. The normalized spacial score (nSPS) is 10.4. The summed E-state index contributed by atoms with van der Waals surface area (Å²) in [5.74, 6) is 0. The third-order valence-corrected chi connectivity index (χ3v) is 2.65. The minimum Gasteiger partial charge on any atom is -0.264 e. The average Bonchev–Trinajstić information content (AvgIpc) is 2.47. The maximum atomic E-state index is 4.41. The molecule has 0 saturated carbocycles. The molecule has 0 amide bonds. The maximum absolute atomic E-state index is 4.41. The van der Waals surface area contributed by atoms with E-state index in [0.717, 1.165) is 10.2 Å². The van der Waals surface area contributed by atoms with Gasteiger partial charge in [-0.05, 0) is 41.1 Å². The number of aryl methyl sites for hydroxylation is 1. The van der Waals surface area contributed by atoms with Crippen LogP contribution in [0.1, 0.15) is 11.3 Å². The van der Waals surface area contributed by atoms with Gasteiger partial charge in [-0.15, -0.1) is 0 Å². The van der Waals surface area contributed by atoms with E-state index < -0.39 is 0 Å². The summed E-state index contributed by atoms with van der Waals surface area (Å²) >= 11 is 2.24. The number of halogens is 1. The molecule has 2 nitrogen and oxygen atoms in total. The molecule has 1 heterocycles. The molecule has 72 valence electrons. The zero-order valence-corrected chi connectivity index (χ0v) is 10.1. The predicted molar refractivity (Wildman–Crippen MR) is 65.2 cm³/mol. The van der Waals surface area contributed by atoms with Crippen molar-refractivity contribution in [2.24, 2.45) is 0 Å². The Bertz CT molecular complexity index is 420. The average molecular weight is 298 g/mol. The second kappa shape index (κ2) is 4.13. The van der Waals surface area contributed by atoms with E-state index in [1.807, 2.05) is 10.7 Å². The summed E-state index contributed by atoms with van der Waals surface area (Å²) in [5, 5.41) is 4.41. The van der Waals surface area contributed by atoms with Gasteiger partial charge in [0.25, 0.3) is 0 Å². The Labute approximate surface area is 97.1 Å². The van der Waals surface area contributed by atoms with E-state index in [2.05, 4.69) is 64.9 Å². The van der Waals surface area contributed by atoms with Gasteiger partial charge in [0.05, 0.1) is 6.54 Å². The quantitative estimate of drug-likeness (QED) is 0.780. The summed E-state index contributed by atoms with van der Waals surface area (Å²) in [6, 6.07) is 12.5. The van der Waals surface area contributed by atoms with Gasteiger partial charge in [0.1, 0.15) is 3.70 Å². The summed E-state index contributed by atoms with van der Waals surface area (Å²) in [5.41, 5.74) is 2.49. The van der Waals surface area contributed by atoms with Crippen molar-refractivity contribution < 1.29 is 0 Å². The molecular weight excluding hydrogens is 287 g/mol. The summed E-state index contributed by atoms with van der Waals surface area (Å²) < 4.78 is 3.08. The molecule has 0 radical (unpaired) electrons. The van der Waals surface area contributed by atoms with Crippen molar-refractivity contribution in [1.82, 2.24) is 9.78 Å². The van der Waals surface area contributed by atoms with Gasteiger partial charge in [-0.2, -0.15) is 5.10 Å². The highest BCUT2D eigenvalue weighted by Gasteiger charge is 2.01. The van der Waals surface area contributed by atoms with E-state index in [1.165, 1.54) is 11.3 Å². The van der Waals surface area contributed by atoms with Crippen molar-refractivity contribution in [3.63, 3.8) is 0 Å². The van der Waals surface area contributed by atoms with Crippen molar-refractivity contribution in [1.29, 1.82) is 0 Å². The molecule has 0 saturated heterocycles. The molecule has 2 aromatic rings. The zero-order chi connectivity index (χ0) is 9.97. The molecule has 1 aromatic heterocycles. The van der Waals surface area contributed by atoms with Crippen LogP contribution >= 0.6 is 22.6 Å². The first-order valence-corrected chi connectivity index (χ1v) is 5.57. The lowest BCUT2D eigenvalue weighted by atomic mass is 10.2. The molecule has 2 rings (SSSR count). The van der Waals surface area contributed by atoms with E-state index in [0.29, 0.717) is 0 Å².